The minimum absolute atomic E-state index is 0.00625. The van der Waals surface area contributed by atoms with Crippen molar-refractivity contribution in [2.75, 3.05) is 13.1 Å². The van der Waals surface area contributed by atoms with Gasteiger partial charge in [-0.05, 0) is 31.0 Å². The summed E-state index contributed by atoms with van der Waals surface area (Å²) >= 11 is 0. The van der Waals surface area contributed by atoms with E-state index in [9.17, 15) is 31.5 Å². The Balaban J connectivity index is 1.58. The van der Waals surface area contributed by atoms with Crippen LogP contribution in [0.1, 0.15) is 24.6 Å². The normalized spacial score (nSPS) is 22.0. The summed E-state index contributed by atoms with van der Waals surface area (Å²) in [5.41, 5.74) is 0.302. The zero-order valence-corrected chi connectivity index (χ0v) is 17.4. The molecule has 1 N–H and O–H groups in total. The van der Waals surface area contributed by atoms with E-state index in [1.165, 1.54) is 20.1 Å². The number of carbonyl (C=O) groups is 1. The first-order chi connectivity index (χ1) is 14.6. The molecule has 31 heavy (non-hydrogen) atoms. The van der Waals surface area contributed by atoms with Gasteiger partial charge in [0.1, 0.15) is 4.90 Å². The van der Waals surface area contributed by atoms with Gasteiger partial charge in [-0.15, -0.1) is 0 Å². The largest absolute Gasteiger partial charge is 0.392 e. The number of hydrogen-bond acceptors (Lipinski definition) is 5. The predicted molar refractivity (Wildman–Crippen MR) is 102 cm³/mol. The summed E-state index contributed by atoms with van der Waals surface area (Å²) in [6.07, 6.45) is 0.485. The van der Waals surface area contributed by atoms with Crippen molar-refractivity contribution in [3.63, 3.8) is 0 Å². The molecule has 12 heteroatoms. The van der Waals surface area contributed by atoms with Crippen molar-refractivity contribution in [2.24, 2.45) is 0 Å². The molecule has 0 unspecified atom stereocenters. The monoisotopic (exact) mass is 458 g/mol. The fourth-order valence-electron chi connectivity index (χ4n) is 3.98. The quantitative estimate of drug-likeness (QED) is 0.691. The van der Waals surface area contributed by atoms with E-state index < -0.39 is 39.5 Å². The van der Waals surface area contributed by atoms with E-state index in [4.69, 9.17) is 0 Å². The summed E-state index contributed by atoms with van der Waals surface area (Å²) in [5, 5.41) is 13.8. The van der Waals surface area contributed by atoms with E-state index in [-0.39, 0.29) is 49.1 Å². The molecule has 2 atom stereocenters. The molecule has 2 aliphatic heterocycles. The maximum atomic E-state index is 13.5. The number of aliphatic hydroxyl groups is 1. The lowest BCUT2D eigenvalue weighted by atomic mass is 10.1. The highest BCUT2D eigenvalue weighted by molar-refractivity contribution is 7.89. The van der Waals surface area contributed by atoms with Gasteiger partial charge in [0.15, 0.2) is 17.5 Å². The Hall–Kier alpha value is -2.44. The van der Waals surface area contributed by atoms with Crippen molar-refractivity contribution in [1.82, 2.24) is 19.0 Å². The second kappa shape index (κ2) is 7.92. The van der Waals surface area contributed by atoms with Crippen molar-refractivity contribution in [1.29, 1.82) is 0 Å². The third-order valence-electron chi connectivity index (χ3n) is 5.66. The zero-order chi connectivity index (χ0) is 22.5. The fourth-order valence-corrected chi connectivity index (χ4v) is 5.62. The van der Waals surface area contributed by atoms with Crippen molar-refractivity contribution < 1.29 is 31.5 Å². The second-order valence-corrected chi connectivity index (χ2v) is 9.77. The molecule has 1 amide bonds. The molecule has 4 rings (SSSR count). The molecule has 8 nitrogen and oxygen atoms in total. The van der Waals surface area contributed by atoms with Gasteiger partial charge in [0.25, 0.3) is 0 Å². The third-order valence-corrected chi connectivity index (χ3v) is 7.57. The smallest absolute Gasteiger partial charge is 0.246 e. The molecular formula is C19H21F3N4O4S. The topological polar surface area (TPSA) is 95.7 Å². The molecule has 2 aliphatic rings. The number of halogens is 3. The SMILES string of the molecule is C[C@H]1Cn2ncc(S(=O)(=O)N3CC[C@@H](O)C3)c2CN1C(=O)Cc1cc(F)c(F)c(F)c1. The van der Waals surface area contributed by atoms with Crippen LogP contribution in [-0.4, -0.2) is 63.7 Å². The number of aromatic nitrogens is 2. The van der Waals surface area contributed by atoms with Gasteiger partial charge in [-0.25, -0.2) is 21.6 Å². The summed E-state index contributed by atoms with van der Waals surface area (Å²) < 4.78 is 68.9. The maximum absolute atomic E-state index is 13.5. The van der Waals surface area contributed by atoms with E-state index in [2.05, 4.69) is 5.10 Å². The first-order valence-electron chi connectivity index (χ1n) is 9.73. The van der Waals surface area contributed by atoms with Crippen LogP contribution in [0.25, 0.3) is 0 Å². The van der Waals surface area contributed by atoms with Crippen LogP contribution in [0, 0.1) is 17.5 Å². The van der Waals surface area contributed by atoms with Gasteiger partial charge in [-0.1, -0.05) is 0 Å². The average molecular weight is 458 g/mol. The summed E-state index contributed by atoms with van der Waals surface area (Å²) in [6.45, 7) is 2.12. The first-order valence-corrected chi connectivity index (χ1v) is 11.2. The fraction of sp³-hybridized carbons (Fsp3) is 0.474. The van der Waals surface area contributed by atoms with Crippen LogP contribution < -0.4 is 0 Å². The maximum Gasteiger partial charge on any atom is 0.246 e. The van der Waals surface area contributed by atoms with Gasteiger partial charge in [0.2, 0.25) is 15.9 Å². The number of sulfonamides is 1. The molecule has 1 aromatic carbocycles. The number of benzene rings is 1. The number of β-amino-alcohol motifs (C(OH)–C–C–N with tert-alkyl or cyclic N) is 1. The van der Waals surface area contributed by atoms with Crippen molar-refractivity contribution in [3.05, 3.63) is 47.0 Å². The van der Waals surface area contributed by atoms with Crippen molar-refractivity contribution in [3.8, 4) is 0 Å². The lowest BCUT2D eigenvalue weighted by Crippen LogP contribution is -2.46. The van der Waals surface area contributed by atoms with Crippen LogP contribution in [0.3, 0.4) is 0 Å². The number of hydrogen-bond donors (Lipinski definition) is 1. The standard InChI is InChI=1S/C19H21F3N4O4S/c1-11-8-26-16(17(7-23-26)31(29,30)24-3-2-13(27)9-24)10-25(11)18(28)6-12-4-14(20)19(22)15(21)5-12/h4-5,7,11,13,27H,2-3,6,8-10H2,1H3/t11-,13+/m0/s1. The molecule has 0 spiro atoms. The number of aliphatic hydroxyl groups excluding tert-OH is 1. The van der Waals surface area contributed by atoms with Crippen molar-refractivity contribution >= 4 is 15.9 Å². The Kier molecular flexibility index (Phi) is 5.56. The van der Waals surface area contributed by atoms with E-state index in [0.717, 1.165) is 12.1 Å². The highest BCUT2D eigenvalue weighted by Crippen LogP contribution is 2.28. The first kappa shape index (κ1) is 21.8. The number of rotatable bonds is 4. The van der Waals surface area contributed by atoms with Gasteiger partial charge in [0, 0.05) is 19.1 Å². The number of fused-ring (bicyclic) bond motifs is 1. The van der Waals surface area contributed by atoms with Crippen molar-refractivity contribution in [2.45, 2.75) is 49.9 Å². The van der Waals surface area contributed by atoms with Gasteiger partial charge in [0.05, 0.1) is 37.5 Å². The van der Waals surface area contributed by atoms with Crippen LogP contribution in [0.15, 0.2) is 23.2 Å². The highest BCUT2D eigenvalue weighted by atomic mass is 32.2. The van der Waals surface area contributed by atoms with E-state index in [0.29, 0.717) is 12.1 Å². The minimum Gasteiger partial charge on any atom is -0.392 e. The molecule has 1 fully saturated rings. The molecule has 168 valence electrons. The zero-order valence-electron chi connectivity index (χ0n) is 16.6. The molecule has 1 aromatic heterocycles. The Labute approximate surface area is 176 Å². The number of amides is 1. The van der Waals surface area contributed by atoms with Gasteiger partial charge in [-0.2, -0.15) is 9.40 Å². The highest BCUT2D eigenvalue weighted by Gasteiger charge is 2.38. The molecule has 0 aliphatic carbocycles. The third kappa shape index (κ3) is 3.94. The van der Waals surface area contributed by atoms with E-state index in [1.807, 2.05) is 0 Å². The molecular weight excluding hydrogens is 437 g/mol. The molecule has 3 heterocycles. The number of carbonyl (C=O) groups excluding carboxylic acids is 1. The van der Waals surface area contributed by atoms with Gasteiger partial charge >= 0.3 is 0 Å². The Morgan fingerprint density at radius 2 is 1.90 bits per heavy atom. The summed E-state index contributed by atoms with van der Waals surface area (Å²) in [5.74, 6) is -4.85. The van der Waals surface area contributed by atoms with Gasteiger partial charge in [-0.3, -0.25) is 9.48 Å². The molecule has 0 radical (unpaired) electrons. The van der Waals surface area contributed by atoms with E-state index in [1.54, 1.807) is 6.92 Å². The summed E-state index contributed by atoms with van der Waals surface area (Å²) in [4.78, 5) is 14.2. The molecule has 0 saturated carbocycles. The lowest BCUT2D eigenvalue weighted by molar-refractivity contribution is -0.134. The second-order valence-electron chi connectivity index (χ2n) is 7.86. The number of nitrogens with zero attached hydrogens (tertiary/aromatic N) is 4. The Morgan fingerprint density at radius 3 is 2.52 bits per heavy atom. The average Bonchev–Trinajstić information content (AvgIpc) is 3.31. The molecule has 2 aromatic rings. The minimum atomic E-state index is -3.90. The molecule has 0 bridgehead atoms. The van der Waals surface area contributed by atoms with E-state index >= 15 is 0 Å². The summed E-state index contributed by atoms with van der Waals surface area (Å²) in [6, 6.07) is 1.19. The molecule has 1 saturated heterocycles. The van der Waals surface area contributed by atoms with Crippen LogP contribution >= 0.6 is 0 Å². The Morgan fingerprint density at radius 1 is 1.23 bits per heavy atom. The summed E-state index contributed by atoms with van der Waals surface area (Å²) in [7, 11) is -3.90. The van der Waals surface area contributed by atoms with Crippen LogP contribution in [0.4, 0.5) is 13.2 Å². The lowest BCUT2D eigenvalue weighted by Gasteiger charge is -2.34. The van der Waals surface area contributed by atoms with Crippen LogP contribution in [0.5, 0.6) is 0 Å². The van der Waals surface area contributed by atoms with Gasteiger partial charge < -0.3 is 10.0 Å². The predicted octanol–water partition coefficient (Wildman–Crippen LogP) is 1.03. The Bertz CT molecular complexity index is 1110. The van der Waals surface area contributed by atoms with Crippen LogP contribution in [0.2, 0.25) is 0 Å². The van der Waals surface area contributed by atoms with Crippen LogP contribution in [-0.2, 0) is 34.3 Å².